The van der Waals surface area contributed by atoms with E-state index in [9.17, 15) is 15.0 Å². The molecule has 0 aliphatic heterocycles. The minimum atomic E-state index is -0.337. The second-order valence-corrected chi connectivity index (χ2v) is 9.16. The molecule has 8 atom stereocenters. The van der Waals surface area contributed by atoms with Crippen LogP contribution in [0, 0.1) is 34.5 Å². The molecule has 0 heterocycles. The maximum absolute atomic E-state index is 12.4. The molecule has 0 aromatic carbocycles. The number of Topliss-reactive ketones (excluding diaryl/α,β-unsaturated/α-hetero) is 1. The molecule has 0 radical (unpaired) electrons. The van der Waals surface area contributed by atoms with Gasteiger partial charge in [0.2, 0.25) is 0 Å². The molecule has 0 aromatic heterocycles. The van der Waals surface area contributed by atoms with Gasteiger partial charge in [0.05, 0.1) is 12.2 Å². The molecule has 4 fully saturated rings. The van der Waals surface area contributed by atoms with Gasteiger partial charge in [-0.25, -0.2) is 0 Å². The summed E-state index contributed by atoms with van der Waals surface area (Å²) < 4.78 is 0. The summed E-state index contributed by atoms with van der Waals surface area (Å²) in [5.74, 6) is 2.27. The lowest BCUT2D eigenvalue weighted by Crippen LogP contribution is -2.59. The van der Waals surface area contributed by atoms with Crippen molar-refractivity contribution in [1.29, 1.82) is 0 Å². The maximum atomic E-state index is 12.4. The van der Waals surface area contributed by atoms with Gasteiger partial charge in [0.15, 0.2) is 0 Å². The first-order valence-electron chi connectivity index (χ1n) is 9.25. The van der Waals surface area contributed by atoms with Crippen molar-refractivity contribution in [2.75, 3.05) is 0 Å². The Bertz CT molecular complexity index is 489. The van der Waals surface area contributed by atoms with E-state index in [4.69, 9.17) is 0 Å². The number of ketones is 1. The molecule has 0 saturated heterocycles. The Kier molecular flexibility index (Phi) is 3.30. The van der Waals surface area contributed by atoms with Crippen molar-refractivity contribution >= 4 is 5.78 Å². The molecule has 4 rings (SSSR count). The summed E-state index contributed by atoms with van der Waals surface area (Å²) in [7, 11) is 0. The summed E-state index contributed by atoms with van der Waals surface area (Å²) in [6.45, 7) is 4.48. The first kappa shape index (κ1) is 15.1. The van der Waals surface area contributed by atoms with E-state index >= 15 is 0 Å². The third-order valence-electron chi connectivity index (χ3n) is 8.28. The predicted molar refractivity (Wildman–Crippen MR) is 84.1 cm³/mol. The molecule has 4 saturated carbocycles. The molecule has 0 spiro atoms. The van der Waals surface area contributed by atoms with Crippen LogP contribution in [0.1, 0.15) is 65.2 Å². The first-order chi connectivity index (χ1) is 10.4. The van der Waals surface area contributed by atoms with Gasteiger partial charge in [-0.1, -0.05) is 13.8 Å². The van der Waals surface area contributed by atoms with Gasteiger partial charge in [0.1, 0.15) is 5.78 Å². The highest BCUT2D eigenvalue weighted by atomic mass is 16.3. The van der Waals surface area contributed by atoms with Crippen LogP contribution in [0.3, 0.4) is 0 Å². The average molecular weight is 306 g/mol. The van der Waals surface area contributed by atoms with E-state index in [2.05, 4.69) is 13.8 Å². The molecule has 3 heteroatoms. The number of hydrogen-bond donors (Lipinski definition) is 2. The second kappa shape index (κ2) is 4.80. The van der Waals surface area contributed by atoms with E-state index in [0.717, 1.165) is 38.5 Å². The number of fused-ring (bicyclic) bond motifs is 5. The number of carbonyl (C=O) groups excluding carboxylic acids is 1. The summed E-state index contributed by atoms with van der Waals surface area (Å²) in [6, 6.07) is 0. The highest BCUT2D eigenvalue weighted by molar-refractivity contribution is 5.87. The third kappa shape index (κ3) is 1.84. The smallest absolute Gasteiger partial charge is 0.139 e. The minimum Gasteiger partial charge on any atom is -0.393 e. The molecule has 4 aliphatic carbocycles. The molecular weight excluding hydrogens is 276 g/mol. The molecular formula is C19H30O3. The zero-order chi connectivity index (χ0) is 15.7. The SMILES string of the molecule is C[C@]12CC[C@@H](O)C[C@H]1CC[C@H]1[C@H]2[C@@H](O)C[C@]2(C)C(=O)CC[C@H]12. The Hall–Kier alpha value is -0.410. The highest BCUT2D eigenvalue weighted by Gasteiger charge is 2.63. The Labute approximate surface area is 133 Å². The number of aliphatic hydroxyl groups is 2. The van der Waals surface area contributed by atoms with Crippen LogP contribution in [0.25, 0.3) is 0 Å². The van der Waals surface area contributed by atoms with Crippen LogP contribution in [0.2, 0.25) is 0 Å². The average Bonchev–Trinajstić information content (AvgIpc) is 2.75. The Morgan fingerprint density at radius 1 is 1.09 bits per heavy atom. The van der Waals surface area contributed by atoms with Crippen molar-refractivity contribution in [3.8, 4) is 0 Å². The predicted octanol–water partition coefficient (Wildman–Crippen LogP) is 2.93. The van der Waals surface area contributed by atoms with E-state index in [-0.39, 0.29) is 23.0 Å². The number of rotatable bonds is 0. The van der Waals surface area contributed by atoms with Crippen LogP contribution < -0.4 is 0 Å². The number of carbonyl (C=O) groups is 1. The quantitative estimate of drug-likeness (QED) is 0.723. The van der Waals surface area contributed by atoms with Crippen LogP contribution in [-0.2, 0) is 4.79 Å². The lowest BCUT2D eigenvalue weighted by atomic mass is 9.44. The first-order valence-corrected chi connectivity index (χ1v) is 9.25. The normalized spacial score (nSPS) is 57.9. The molecule has 0 bridgehead atoms. The molecule has 124 valence electrons. The lowest BCUT2D eigenvalue weighted by molar-refractivity contribution is -0.175. The van der Waals surface area contributed by atoms with Gasteiger partial charge >= 0.3 is 0 Å². The van der Waals surface area contributed by atoms with Gasteiger partial charge in [-0.2, -0.15) is 0 Å². The largest absolute Gasteiger partial charge is 0.393 e. The molecule has 0 aromatic rings. The van der Waals surface area contributed by atoms with Gasteiger partial charge < -0.3 is 10.2 Å². The summed E-state index contributed by atoms with van der Waals surface area (Å²) in [4.78, 5) is 12.4. The minimum absolute atomic E-state index is 0.145. The van der Waals surface area contributed by atoms with Crippen molar-refractivity contribution in [1.82, 2.24) is 0 Å². The maximum Gasteiger partial charge on any atom is 0.139 e. The van der Waals surface area contributed by atoms with Crippen LogP contribution in [0.4, 0.5) is 0 Å². The highest BCUT2D eigenvalue weighted by Crippen LogP contribution is 2.65. The van der Waals surface area contributed by atoms with Gasteiger partial charge in [0.25, 0.3) is 0 Å². The molecule has 3 nitrogen and oxygen atoms in total. The Balaban J connectivity index is 1.69. The van der Waals surface area contributed by atoms with Gasteiger partial charge in [-0.05, 0) is 74.0 Å². The molecule has 0 unspecified atom stereocenters. The van der Waals surface area contributed by atoms with Crippen molar-refractivity contribution in [2.24, 2.45) is 34.5 Å². The van der Waals surface area contributed by atoms with Crippen molar-refractivity contribution in [3.05, 3.63) is 0 Å². The van der Waals surface area contributed by atoms with Crippen molar-refractivity contribution in [3.63, 3.8) is 0 Å². The van der Waals surface area contributed by atoms with Gasteiger partial charge in [-0.3, -0.25) is 4.79 Å². The molecule has 2 N–H and O–H groups in total. The standard InChI is InChI=1S/C19H30O3/c1-18-8-7-12(20)9-11(18)3-4-13-14-5-6-16(22)19(14,2)10-15(21)17(13)18/h11-15,17,20-21H,3-10H2,1-2H3/t11-,12-,13-,14-,15+,17+,18+,19+/m1/s1. The topological polar surface area (TPSA) is 57.5 Å². The van der Waals surface area contributed by atoms with E-state index in [1.807, 2.05) is 0 Å². The Morgan fingerprint density at radius 2 is 1.86 bits per heavy atom. The van der Waals surface area contributed by atoms with Crippen LogP contribution in [-0.4, -0.2) is 28.2 Å². The third-order valence-corrected chi connectivity index (χ3v) is 8.28. The van der Waals surface area contributed by atoms with Crippen LogP contribution in [0.5, 0.6) is 0 Å². The van der Waals surface area contributed by atoms with Crippen molar-refractivity contribution < 1.29 is 15.0 Å². The summed E-state index contributed by atoms with van der Waals surface area (Å²) in [5.41, 5.74) is -0.105. The summed E-state index contributed by atoms with van der Waals surface area (Å²) >= 11 is 0. The van der Waals surface area contributed by atoms with Gasteiger partial charge in [-0.15, -0.1) is 0 Å². The van der Waals surface area contributed by atoms with Crippen LogP contribution in [0.15, 0.2) is 0 Å². The fourth-order valence-electron chi connectivity index (χ4n) is 7.13. The van der Waals surface area contributed by atoms with E-state index in [1.54, 1.807) is 0 Å². The zero-order valence-electron chi connectivity index (χ0n) is 13.9. The number of hydrogen-bond acceptors (Lipinski definition) is 3. The van der Waals surface area contributed by atoms with E-state index in [1.165, 1.54) is 6.42 Å². The summed E-state index contributed by atoms with van der Waals surface area (Å²) in [6.07, 6.45) is 7.08. The number of aliphatic hydroxyl groups excluding tert-OH is 2. The zero-order valence-corrected chi connectivity index (χ0v) is 13.9. The van der Waals surface area contributed by atoms with Crippen molar-refractivity contribution in [2.45, 2.75) is 77.4 Å². The molecule has 22 heavy (non-hydrogen) atoms. The fourth-order valence-corrected chi connectivity index (χ4v) is 7.13. The molecule has 0 amide bonds. The van der Waals surface area contributed by atoms with E-state index < -0.39 is 0 Å². The monoisotopic (exact) mass is 306 g/mol. The van der Waals surface area contributed by atoms with Gasteiger partial charge in [0, 0.05) is 11.8 Å². The lowest BCUT2D eigenvalue weighted by Gasteiger charge is -2.61. The molecule has 4 aliphatic rings. The van der Waals surface area contributed by atoms with Crippen LogP contribution >= 0.6 is 0 Å². The second-order valence-electron chi connectivity index (χ2n) is 9.16. The fraction of sp³-hybridized carbons (Fsp3) is 0.947. The summed E-state index contributed by atoms with van der Waals surface area (Å²) in [5, 5.41) is 21.0. The Morgan fingerprint density at radius 3 is 2.64 bits per heavy atom. The van der Waals surface area contributed by atoms with E-state index in [0.29, 0.717) is 35.9 Å².